The van der Waals surface area contributed by atoms with Crippen molar-refractivity contribution in [2.75, 3.05) is 5.32 Å². The van der Waals surface area contributed by atoms with Gasteiger partial charge >= 0.3 is 0 Å². The van der Waals surface area contributed by atoms with E-state index in [-0.39, 0.29) is 12.3 Å². The Morgan fingerprint density at radius 2 is 1.84 bits per heavy atom. The monoisotopic (exact) mass is 442 g/mol. The highest BCUT2D eigenvalue weighted by Gasteiger charge is 2.15. The number of aromatic nitrogens is 5. The first kappa shape index (κ1) is 19.8. The lowest BCUT2D eigenvalue weighted by atomic mass is 10.1. The van der Waals surface area contributed by atoms with E-state index >= 15 is 0 Å². The van der Waals surface area contributed by atoms with Gasteiger partial charge in [0, 0.05) is 34.9 Å². The number of hydrogen-bond donors (Lipinski definition) is 2. The molecule has 8 nitrogen and oxygen atoms in total. The first-order valence-electron chi connectivity index (χ1n) is 9.98. The molecule has 5 rings (SSSR count). The first-order chi connectivity index (χ1) is 15.8. The molecule has 9 heteroatoms. The van der Waals surface area contributed by atoms with Crippen molar-refractivity contribution in [2.45, 2.75) is 12.8 Å². The van der Waals surface area contributed by atoms with Crippen LogP contribution in [-0.2, 0) is 11.2 Å². The number of amides is 1. The number of nitrogens with one attached hydrogen (secondary N) is 2. The Hall–Kier alpha value is -4.11. The van der Waals surface area contributed by atoms with Crippen LogP contribution in [0.3, 0.4) is 0 Å². The SMILES string of the molecule is O=C(CCc1nnc(-c2ccsc2)o1)Nc1ccccc1-c1nc(-c2ccccc2)n[nH]1. The molecule has 158 valence electrons. The van der Waals surface area contributed by atoms with Crippen molar-refractivity contribution >= 4 is 22.9 Å². The quantitative estimate of drug-likeness (QED) is 0.374. The van der Waals surface area contributed by atoms with E-state index in [2.05, 4.69) is 30.7 Å². The van der Waals surface area contributed by atoms with Gasteiger partial charge in [-0.25, -0.2) is 4.98 Å². The van der Waals surface area contributed by atoms with Gasteiger partial charge < -0.3 is 9.73 Å². The third-order valence-electron chi connectivity index (χ3n) is 4.77. The highest BCUT2D eigenvalue weighted by atomic mass is 32.1. The number of H-pyrrole nitrogens is 1. The molecule has 0 spiro atoms. The zero-order valence-electron chi connectivity index (χ0n) is 16.9. The molecule has 5 aromatic rings. The van der Waals surface area contributed by atoms with E-state index < -0.39 is 0 Å². The number of benzene rings is 2. The summed E-state index contributed by atoms with van der Waals surface area (Å²) in [4.78, 5) is 17.2. The van der Waals surface area contributed by atoms with E-state index in [1.54, 1.807) is 11.3 Å². The van der Waals surface area contributed by atoms with Crippen molar-refractivity contribution in [3.05, 3.63) is 77.3 Å². The van der Waals surface area contributed by atoms with Crippen LogP contribution in [0.1, 0.15) is 12.3 Å². The van der Waals surface area contributed by atoms with Crippen LogP contribution in [0.4, 0.5) is 5.69 Å². The van der Waals surface area contributed by atoms with Gasteiger partial charge in [-0.05, 0) is 23.6 Å². The highest BCUT2D eigenvalue weighted by Crippen LogP contribution is 2.27. The van der Waals surface area contributed by atoms with Gasteiger partial charge in [0.15, 0.2) is 11.6 Å². The summed E-state index contributed by atoms with van der Waals surface area (Å²) in [6, 6.07) is 19.1. The summed E-state index contributed by atoms with van der Waals surface area (Å²) in [7, 11) is 0. The lowest BCUT2D eigenvalue weighted by Crippen LogP contribution is -2.13. The molecule has 3 aromatic heterocycles. The van der Waals surface area contributed by atoms with Crippen LogP contribution >= 0.6 is 11.3 Å². The van der Waals surface area contributed by atoms with Crippen molar-refractivity contribution in [1.82, 2.24) is 25.4 Å². The molecule has 3 heterocycles. The van der Waals surface area contributed by atoms with Gasteiger partial charge in [0.1, 0.15) is 0 Å². The molecule has 0 aliphatic rings. The molecule has 0 radical (unpaired) electrons. The number of rotatable bonds is 7. The Balaban J connectivity index is 1.26. The normalized spacial score (nSPS) is 10.9. The number of aromatic amines is 1. The average molecular weight is 443 g/mol. The summed E-state index contributed by atoms with van der Waals surface area (Å²) >= 11 is 1.56. The van der Waals surface area contributed by atoms with Crippen molar-refractivity contribution in [3.8, 4) is 34.2 Å². The summed E-state index contributed by atoms with van der Waals surface area (Å²) in [6.07, 6.45) is 0.566. The molecule has 1 amide bonds. The van der Waals surface area contributed by atoms with Crippen LogP contribution < -0.4 is 5.32 Å². The second kappa shape index (κ2) is 8.94. The summed E-state index contributed by atoms with van der Waals surface area (Å²) in [5, 5.41) is 22.2. The Labute approximate surface area is 187 Å². The fraction of sp³-hybridized carbons (Fsp3) is 0.0870. The zero-order valence-corrected chi connectivity index (χ0v) is 17.7. The fourth-order valence-electron chi connectivity index (χ4n) is 3.19. The molecule has 0 fully saturated rings. The maximum absolute atomic E-state index is 12.6. The second-order valence-electron chi connectivity index (χ2n) is 6.98. The molecular weight excluding hydrogens is 424 g/mol. The smallest absolute Gasteiger partial charge is 0.248 e. The lowest BCUT2D eigenvalue weighted by Gasteiger charge is -2.08. The van der Waals surface area contributed by atoms with Gasteiger partial charge in [0.2, 0.25) is 17.7 Å². The average Bonchev–Trinajstić information content (AvgIpc) is 3.60. The van der Waals surface area contributed by atoms with E-state index in [9.17, 15) is 4.79 Å². The van der Waals surface area contributed by atoms with Crippen LogP contribution in [0.5, 0.6) is 0 Å². The fourth-order valence-corrected chi connectivity index (χ4v) is 3.82. The van der Waals surface area contributed by atoms with Crippen molar-refractivity contribution in [2.24, 2.45) is 0 Å². The van der Waals surface area contributed by atoms with Crippen molar-refractivity contribution in [3.63, 3.8) is 0 Å². The van der Waals surface area contributed by atoms with Crippen LogP contribution in [0.25, 0.3) is 34.2 Å². The van der Waals surface area contributed by atoms with Crippen LogP contribution in [0.15, 0.2) is 75.8 Å². The third kappa shape index (κ3) is 4.33. The molecular formula is C23H18N6O2S. The topological polar surface area (TPSA) is 110 Å². The molecule has 0 aliphatic heterocycles. The standard InChI is InChI=1S/C23H18N6O2S/c30-19(10-11-20-26-29-23(31-20)16-12-13-32-14-16)24-18-9-5-4-8-17(18)22-25-21(27-28-22)15-6-2-1-3-7-15/h1-9,12-14H,10-11H2,(H,24,30)(H,25,27,28). The number of nitrogens with zero attached hydrogens (tertiary/aromatic N) is 4. The van der Waals surface area contributed by atoms with Crippen molar-refractivity contribution < 1.29 is 9.21 Å². The summed E-state index contributed by atoms with van der Waals surface area (Å²) in [5.74, 6) is 1.91. The number of carbonyl (C=O) groups is 1. The predicted molar refractivity (Wildman–Crippen MR) is 122 cm³/mol. The Morgan fingerprint density at radius 3 is 2.69 bits per heavy atom. The number of aryl methyl sites for hydroxylation is 1. The van der Waals surface area contributed by atoms with Crippen LogP contribution in [0, 0.1) is 0 Å². The number of thiophene rings is 1. The molecule has 0 saturated carbocycles. The van der Waals surface area contributed by atoms with Crippen LogP contribution in [-0.4, -0.2) is 31.3 Å². The van der Waals surface area contributed by atoms with Gasteiger partial charge in [0.05, 0.1) is 5.69 Å². The summed E-state index contributed by atoms with van der Waals surface area (Å²) in [6.45, 7) is 0. The van der Waals surface area contributed by atoms with Gasteiger partial charge in [0.25, 0.3) is 0 Å². The largest absolute Gasteiger partial charge is 0.421 e. The minimum Gasteiger partial charge on any atom is -0.421 e. The van der Waals surface area contributed by atoms with E-state index in [4.69, 9.17) is 4.42 Å². The Morgan fingerprint density at radius 1 is 1.00 bits per heavy atom. The summed E-state index contributed by atoms with van der Waals surface area (Å²) < 4.78 is 5.65. The summed E-state index contributed by atoms with van der Waals surface area (Å²) in [5.41, 5.74) is 3.21. The van der Waals surface area contributed by atoms with E-state index in [0.29, 0.717) is 35.5 Å². The molecule has 0 bridgehead atoms. The van der Waals surface area contributed by atoms with Gasteiger partial charge in [-0.3, -0.25) is 9.89 Å². The van der Waals surface area contributed by atoms with Gasteiger partial charge in [-0.1, -0.05) is 42.5 Å². The second-order valence-corrected chi connectivity index (χ2v) is 7.76. The zero-order chi connectivity index (χ0) is 21.8. The lowest BCUT2D eigenvalue weighted by molar-refractivity contribution is -0.116. The minimum absolute atomic E-state index is 0.157. The molecule has 0 unspecified atom stereocenters. The Bertz CT molecular complexity index is 1330. The Kier molecular flexibility index (Phi) is 5.54. The van der Waals surface area contributed by atoms with E-state index in [0.717, 1.165) is 16.7 Å². The van der Waals surface area contributed by atoms with Crippen molar-refractivity contribution in [1.29, 1.82) is 0 Å². The first-order valence-corrected chi connectivity index (χ1v) is 10.9. The molecule has 2 N–H and O–H groups in total. The van der Waals surface area contributed by atoms with Gasteiger partial charge in [-0.2, -0.15) is 16.4 Å². The molecule has 32 heavy (non-hydrogen) atoms. The minimum atomic E-state index is -0.157. The molecule has 0 saturated heterocycles. The molecule has 2 aromatic carbocycles. The highest BCUT2D eigenvalue weighted by molar-refractivity contribution is 7.08. The number of para-hydroxylation sites is 1. The number of anilines is 1. The predicted octanol–water partition coefficient (Wildman–Crippen LogP) is 4.82. The molecule has 0 atom stereocenters. The van der Waals surface area contributed by atoms with Gasteiger partial charge in [-0.15, -0.1) is 10.2 Å². The maximum atomic E-state index is 12.6. The van der Waals surface area contributed by atoms with E-state index in [1.807, 2.05) is 71.4 Å². The number of hydrogen-bond acceptors (Lipinski definition) is 7. The maximum Gasteiger partial charge on any atom is 0.248 e. The van der Waals surface area contributed by atoms with E-state index in [1.165, 1.54) is 0 Å². The third-order valence-corrected chi connectivity index (χ3v) is 5.46. The number of carbonyl (C=O) groups excluding carboxylic acids is 1. The molecule has 0 aliphatic carbocycles. The van der Waals surface area contributed by atoms with Crippen LogP contribution in [0.2, 0.25) is 0 Å².